The molecule has 0 saturated heterocycles. The van der Waals surface area contributed by atoms with Gasteiger partial charge in [-0.25, -0.2) is 0 Å². The van der Waals surface area contributed by atoms with Gasteiger partial charge in [0.1, 0.15) is 12.1 Å². The maximum atomic E-state index is 12.3. The third-order valence-corrected chi connectivity index (χ3v) is 4.25. The minimum absolute atomic E-state index is 0.356. The maximum Gasteiger partial charge on any atom is 0.325 e. The van der Waals surface area contributed by atoms with Gasteiger partial charge < -0.3 is 21.5 Å². The minimum atomic E-state index is -1.14. The minimum Gasteiger partial charge on any atom is -0.480 e. The number of carboxylic acids is 1. The summed E-state index contributed by atoms with van der Waals surface area (Å²) in [5.74, 6) is -1.45. The van der Waals surface area contributed by atoms with Gasteiger partial charge in [0.05, 0.1) is 6.04 Å². The average molecular weight is 367 g/mol. The van der Waals surface area contributed by atoms with E-state index in [0.717, 1.165) is 5.56 Å². The summed E-state index contributed by atoms with van der Waals surface area (Å²) in [6.45, 7) is 1.37. The van der Waals surface area contributed by atoms with E-state index in [1.165, 1.54) is 18.7 Å². The number of carboxylic acid groups (broad SMARTS) is 1. The first-order valence-electron chi connectivity index (χ1n) is 7.97. The summed E-state index contributed by atoms with van der Waals surface area (Å²) >= 11 is 1.53. The van der Waals surface area contributed by atoms with Gasteiger partial charge >= 0.3 is 5.97 Å². The summed E-state index contributed by atoms with van der Waals surface area (Å²) in [5.41, 5.74) is 6.86. The monoisotopic (exact) mass is 367 g/mol. The molecule has 0 aromatic heterocycles. The smallest absolute Gasteiger partial charge is 0.325 e. The van der Waals surface area contributed by atoms with Crippen LogP contribution in [0, 0.1) is 0 Å². The third kappa shape index (κ3) is 7.57. The Balaban J connectivity index is 2.67. The zero-order valence-electron chi connectivity index (χ0n) is 14.4. The first kappa shape index (κ1) is 21.0. The van der Waals surface area contributed by atoms with Crippen LogP contribution in [0.1, 0.15) is 18.9 Å². The first-order valence-corrected chi connectivity index (χ1v) is 9.36. The summed E-state index contributed by atoms with van der Waals surface area (Å²) in [4.78, 5) is 35.4. The Morgan fingerprint density at radius 3 is 2.36 bits per heavy atom. The lowest BCUT2D eigenvalue weighted by Gasteiger charge is -2.21. The van der Waals surface area contributed by atoms with E-state index >= 15 is 0 Å². The second kappa shape index (κ2) is 10.7. The molecule has 138 valence electrons. The van der Waals surface area contributed by atoms with Crippen LogP contribution >= 0.6 is 11.8 Å². The molecule has 0 aliphatic heterocycles. The Morgan fingerprint density at radius 1 is 1.16 bits per heavy atom. The Hall–Kier alpha value is -2.06. The van der Waals surface area contributed by atoms with Crippen LogP contribution in [-0.2, 0) is 20.8 Å². The molecule has 2 amide bonds. The van der Waals surface area contributed by atoms with E-state index in [9.17, 15) is 14.4 Å². The van der Waals surface area contributed by atoms with Crippen molar-refractivity contribution >= 4 is 29.5 Å². The number of nitrogens with two attached hydrogens (primary N) is 1. The fourth-order valence-electron chi connectivity index (χ4n) is 2.12. The molecule has 1 aromatic carbocycles. The van der Waals surface area contributed by atoms with Crippen LogP contribution in [0.4, 0.5) is 0 Å². The van der Waals surface area contributed by atoms with Gasteiger partial charge in [0, 0.05) is 0 Å². The summed E-state index contributed by atoms with van der Waals surface area (Å²) in [5, 5.41) is 13.9. The zero-order valence-corrected chi connectivity index (χ0v) is 15.2. The lowest BCUT2D eigenvalue weighted by Crippen LogP contribution is -2.54. The number of nitrogens with one attached hydrogen (secondary N) is 2. The molecule has 7 nitrogen and oxygen atoms in total. The van der Waals surface area contributed by atoms with Gasteiger partial charge in [-0.15, -0.1) is 0 Å². The Kier molecular flexibility index (Phi) is 9.01. The van der Waals surface area contributed by atoms with Crippen molar-refractivity contribution in [3.63, 3.8) is 0 Å². The molecule has 1 rings (SSSR count). The van der Waals surface area contributed by atoms with Gasteiger partial charge in [-0.2, -0.15) is 11.8 Å². The highest BCUT2D eigenvalue weighted by atomic mass is 32.2. The van der Waals surface area contributed by atoms with Crippen molar-refractivity contribution in [3.8, 4) is 0 Å². The lowest BCUT2D eigenvalue weighted by molar-refractivity contribution is -0.141. The molecule has 1 aromatic rings. The fraction of sp³-hybridized carbons (Fsp3) is 0.471. The van der Waals surface area contributed by atoms with Crippen LogP contribution in [0.3, 0.4) is 0 Å². The molecule has 0 spiro atoms. The van der Waals surface area contributed by atoms with E-state index in [4.69, 9.17) is 10.8 Å². The number of hydrogen-bond acceptors (Lipinski definition) is 5. The molecule has 0 aliphatic carbocycles. The molecule has 3 atom stereocenters. The lowest BCUT2D eigenvalue weighted by atomic mass is 10.1. The fourth-order valence-corrected chi connectivity index (χ4v) is 2.59. The van der Waals surface area contributed by atoms with Crippen molar-refractivity contribution in [3.05, 3.63) is 35.9 Å². The topological polar surface area (TPSA) is 122 Å². The number of carbonyl (C=O) groups is 3. The number of benzene rings is 1. The summed E-state index contributed by atoms with van der Waals surface area (Å²) in [6, 6.07) is 6.72. The van der Waals surface area contributed by atoms with Crippen molar-refractivity contribution in [1.29, 1.82) is 0 Å². The van der Waals surface area contributed by atoms with Crippen molar-refractivity contribution in [2.24, 2.45) is 5.73 Å². The normalized spacial score (nSPS) is 14.2. The first-order chi connectivity index (χ1) is 11.8. The van der Waals surface area contributed by atoms with E-state index < -0.39 is 35.9 Å². The van der Waals surface area contributed by atoms with Gasteiger partial charge in [0.25, 0.3) is 0 Å². The molecule has 0 radical (unpaired) electrons. The van der Waals surface area contributed by atoms with E-state index in [2.05, 4.69) is 10.6 Å². The molecule has 8 heteroatoms. The molecule has 5 N–H and O–H groups in total. The van der Waals surface area contributed by atoms with E-state index in [1.54, 1.807) is 0 Å². The standard InChI is InChI=1S/C17H25N3O4S/c1-11(17(23)24)19-16(22)14(8-9-25-2)20-15(21)13(18)10-12-6-4-3-5-7-12/h3-7,11,13-14H,8-10,18H2,1-2H3,(H,19,22)(H,20,21)(H,23,24). The third-order valence-electron chi connectivity index (χ3n) is 3.61. The Morgan fingerprint density at radius 2 is 1.80 bits per heavy atom. The van der Waals surface area contributed by atoms with Crippen LogP contribution in [0.5, 0.6) is 0 Å². The highest BCUT2D eigenvalue weighted by Gasteiger charge is 2.25. The molecule has 0 bridgehead atoms. The SMILES string of the molecule is CSCCC(NC(=O)C(N)Cc1ccccc1)C(=O)NC(C)C(=O)O. The summed E-state index contributed by atoms with van der Waals surface area (Å²) < 4.78 is 0. The number of hydrogen-bond donors (Lipinski definition) is 4. The summed E-state index contributed by atoms with van der Waals surface area (Å²) in [7, 11) is 0. The van der Waals surface area contributed by atoms with Gasteiger partial charge in [-0.3, -0.25) is 14.4 Å². The van der Waals surface area contributed by atoms with E-state index in [1.807, 2.05) is 36.6 Å². The Labute approximate surface area is 151 Å². The van der Waals surface area contributed by atoms with E-state index in [0.29, 0.717) is 18.6 Å². The highest BCUT2D eigenvalue weighted by Crippen LogP contribution is 2.05. The zero-order chi connectivity index (χ0) is 18.8. The van der Waals surface area contributed by atoms with Crippen LogP contribution < -0.4 is 16.4 Å². The molecule has 25 heavy (non-hydrogen) atoms. The number of aliphatic carboxylic acids is 1. The number of thioether (sulfide) groups is 1. The quantitative estimate of drug-likeness (QED) is 0.474. The summed E-state index contributed by atoms with van der Waals surface area (Å²) in [6.07, 6.45) is 2.63. The van der Waals surface area contributed by atoms with Gasteiger partial charge in [0.15, 0.2) is 0 Å². The highest BCUT2D eigenvalue weighted by molar-refractivity contribution is 7.98. The van der Waals surface area contributed by atoms with Crippen molar-refractivity contribution in [1.82, 2.24) is 10.6 Å². The Bertz CT molecular complexity index is 583. The van der Waals surface area contributed by atoms with Crippen molar-refractivity contribution in [2.75, 3.05) is 12.0 Å². The predicted molar refractivity (Wildman–Crippen MR) is 98.3 cm³/mol. The van der Waals surface area contributed by atoms with Gasteiger partial charge in [-0.05, 0) is 37.3 Å². The molecular weight excluding hydrogens is 342 g/mol. The van der Waals surface area contributed by atoms with Gasteiger partial charge in [0.2, 0.25) is 11.8 Å². The van der Waals surface area contributed by atoms with Crippen LogP contribution in [0.15, 0.2) is 30.3 Å². The van der Waals surface area contributed by atoms with Crippen LogP contribution in [0.2, 0.25) is 0 Å². The molecule has 0 fully saturated rings. The van der Waals surface area contributed by atoms with Gasteiger partial charge in [-0.1, -0.05) is 30.3 Å². The van der Waals surface area contributed by atoms with Crippen molar-refractivity contribution in [2.45, 2.75) is 37.9 Å². The number of rotatable bonds is 10. The molecule has 3 unspecified atom stereocenters. The average Bonchev–Trinajstić information content (AvgIpc) is 2.58. The molecule has 0 saturated carbocycles. The largest absolute Gasteiger partial charge is 0.480 e. The number of carbonyl (C=O) groups excluding carboxylic acids is 2. The van der Waals surface area contributed by atoms with Crippen molar-refractivity contribution < 1.29 is 19.5 Å². The molecule has 0 heterocycles. The van der Waals surface area contributed by atoms with Crippen LogP contribution in [-0.4, -0.2) is 53.0 Å². The second-order valence-electron chi connectivity index (χ2n) is 5.71. The molecular formula is C17H25N3O4S. The second-order valence-corrected chi connectivity index (χ2v) is 6.69. The maximum absolute atomic E-state index is 12.3. The molecule has 0 aliphatic rings. The predicted octanol–water partition coefficient (Wildman–Crippen LogP) is 0.384. The van der Waals surface area contributed by atoms with E-state index in [-0.39, 0.29) is 0 Å². The number of amides is 2. The van der Waals surface area contributed by atoms with Crippen LogP contribution in [0.25, 0.3) is 0 Å².